The second-order valence-electron chi connectivity index (χ2n) is 3.93. The quantitative estimate of drug-likeness (QED) is 0.341. The molecule has 104 valence electrons. The minimum absolute atomic E-state index is 0.0418. The average molecular weight is 260 g/mol. The monoisotopic (exact) mass is 260 g/mol. The Morgan fingerprint density at radius 2 is 1.00 bits per heavy atom. The van der Waals surface area contributed by atoms with Crippen LogP contribution in [0.2, 0.25) is 0 Å². The number of aliphatic hydroxyl groups is 2. The lowest BCUT2D eigenvalue weighted by Crippen LogP contribution is -2.12. The van der Waals surface area contributed by atoms with Crippen molar-refractivity contribution in [2.75, 3.05) is 13.2 Å². The van der Waals surface area contributed by atoms with Crippen LogP contribution < -0.4 is 0 Å². The van der Waals surface area contributed by atoms with Gasteiger partial charge >= 0.3 is 11.9 Å². The number of aliphatic carboxylic acids is 2. The molecule has 18 heavy (non-hydrogen) atoms. The summed E-state index contributed by atoms with van der Waals surface area (Å²) in [4.78, 5) is 22.1. The van der Waals surface area contributed by atoms with Gasteiger partial charge in [-0.3, -0.25) is 0 Å². The first-order valence-electron chi connectivity index (χ1n) is 5.95. The van der Waals surface area contributed by atoms with E-state index in [9.17, 15) is 9.59 Å². The molecular weight excluding hydrogens is 240 g/mol. The highest BCUT2D eigenvalue weighted by Crippen LogP contribution is 2.18. The Labute approximate surface area is 106 Å². The largest absolute Gasteiger partial charge is 0.478 e. The van der Waals surface area contributed by atoms with Gasteiger partial charge in [0, 0.05) is 24.4 Å². The molecule has 0 aliphatic carbocycles. The van der Waals surface area contributed by atoms with Crippen LogP contribution in [0.25, 0.3) is 0 Å². The molecule has 6 heteroatoms. The molecule has 0 heterocycles. The summed E-state index contributed by atoms with van der Waals surface area (Å²) in [6.07, 6.45) is 2.04. The normalized spacial score (nSPS) is 12.1. The summed E-state index contributed by atoms with van der Waals surface area (Å²) in [6, 6.07) is 0. The minimum Gasteiger partial charge on any atom is -0.478 e. The van der Waals surface area contributed by atoms with Crippen LogP contribution in [0, 0.1) is 0 Å². The molecule has 0 aromatic rings. The van der Waals surface area contributed by atoms with E-state index in [4.69, 9.17) is 20.4 Å². The van der Waals surface area contributed by atoms with Gasteiger partial charge in [-0.1, -0.05) is 0 Å². The van der Waals surface area contributed by atoms with Crippen LogP contribution in [0.3, 0.4) is 0 Å². The zero-order chi connectivity index (χ0) is 14.0. The van der Waals surface area contributed by atoms with Gasteiger partial charge in [0.2, 0.25) is 0 Å². The Bertz CT molecular complexity index is 278. The molecular formula is C12H20O6. The number of aliphatic hydroxyl groups excluding tert-OH is 2. The van der Waals surface area contributed by atoms with E-state index in [0.29, 0.717) is 25.7 Å². The second kappa shape index (κ2) is 9.61. The van der Waals surface area contributed by atoms with E-state index in [-0.39, 0.29) is 37.2 Å². The summed E-state index contributed by atoms with van der Waals surface area (Å²) >= 11 is 0. The van der Waals surface area contributed by atoms with Crippen molar-refractivity contribution in [2.24, 2.45) is 0 Å². The molecule has 0 spiro atoms. The third-order valence-corrected chi connectivity index (χ3v) is 2.55. The molecule has 0 saturated carbocycles. The Balaban J connectivity index is 4.80. The number of unbranched alkanes of at least 4 members (excludes halogenated alkanes) is 2. The maximum absolute atomic E-state index is 11.0. The van der Waals surface area contributed by atoms with E-state index in [0.717, 1.165) is 0 Å². The van der Waals surface area contributed by atoms with Crippen LogP contribution in [0.5, 0.6) is 0 Å². The number of hydrogen-bond acceptors (Lipinski definition) is 4. The van der Waals surface area contributed by atoms with Gasteiger partial charge in [-0.05, 0) is 38.5 Å². The predicted molar refractivity (Wildman–Crippen MR) is 64.2 cm³/mol. The lowest BCUT2D eigenvalue weighted by molar-refractivity contribution is -0.136. The van der Waals surface area contributed by atoms with Gasteiger partial charge in [0.25, 0.3) is 0 Å². The Morgan fingerprint density at radius 1 is 0.667 bits per heavy atom. The molecule has 0 aliphatic rings. The number of carbonyl (C=O) groups is 2. The van der Waals surface area contributed by atoms with Crippen LogP contribution in [-0.2, 0) is 9.59 Å². The number of carboxylic acid groups (broad SMARTS) is 2. The highest BCUT2D eigenvalue weighted by atomic mass is 16.4. The molecule has 0 amide bonds. The molecule has 0 aromatic heterocycles. The topological polar surface area (TPSA) is 115 Å². The molecule has 0 aromatic carbocycles. The standard InChI is InChI=1S/C12H20O6/c13-7-3-1-5-9(11(15)16)10(12(17)18)6-2-4-8-14/h13-14H,1-8H2,(H,15,16)(H,17,18)/b10-9+. The van der Waals surface area contributed by atoms with Gasteiger partial charge in [-0.15, -0.1) is 0 Å². The summed E-state index contributed by atoms with van der Waals surface area (Å²) < 4.78 is 0. The fourth-order valence-electron chi connectivity index (χ4n) is 1.60. The molecule has 0 saturated heterocycles. The Morgan fingerprint density at radius 3 is 1.22 bits per heavy atom. The molecule has 0 unspecified atom stereocenters. The minimum atomic E-state index is -1.23. The molecule has 0 rings (SSSR count). The lowest BCUT2D eigenvalue weighted by Gasteiger charge is -2.08. The lowest BCUT2D eigenvalue weighted by atomic mass is 9.98. The van der Waals surface area contributed by atoms with Crippen molar-refractivity contribution >= 4 is 11.9 Å². The third kappa shape index (κ3) is 6.36. The molecule has 6 nitrogen and oxygen atoms in total. The van der Waals surface area contributed by atoms with Crippen molar-refractivity contribution in [3.8, 4) is 0 Å². The number of hydrogen-bond donors (Lipinski definition) is 4. The van der Waals surface area contributed by atoms with Crippen LogP contribution >= 0.6 is 0 Å². The van der Waals surface area contributed by atoms with Crippen LogP contribution in [0.4, 0.5) is 0 Å². The maximum atomic E-state index is 11.0. The van der Waals surface area contributed by atoms with Gasteiger partial charge < -0.3 is 20.4 Å². The summed E-state index contributed by atoms with van der Waals surface area (Å²) in [6.45, 7) is -0.0837. The number of carboxylic acids is 2. The highest BCUT2D eigenvalue weighted by Gasteiger charge is 2.19. The smallest absolute Gasteiger partial charge is 0.332 e. The Hall–Kier alpha value is -1.40. The van der Waals surface area contributed by atoms with E-state index in [2.05, 4.69) is 0 Å². The van der Waals surface area contributed by atoms with Crippen molar-refractivity contribution in [1.29, 1.82) is 0 Å². The van der Waals surface area contributed by atoms with Gasteiger partial charge in [-0.25, -0.2) is 9.59 Å². The summed E-state index contributed by atoms with van der Waals surface area (Å²) in [5.74, 6) is -2.45. The Kier molecular flexibility index (Phi) is 8.86. The van der Waals surface area contributed by atoms with Crippen molar-refractivity contribution in [1.82, 2.24) is 0 Å². The van der Waals surface area contributed by atoms with E-state index in [1.807, 2.05) is 0 Å². The van der Waals surface area contributed by atoms with Gasteiger partial charge in [0.05, 0.1) is 0 Å². The molecule has 4 N–H and O–H groups in total. The van der Waals surface area contributed by atoms with Crippen LogP contribution in [0.1, 0.15) is 38.5 Å². The summed E-state index contributed by atoms with van der Waals surface area (Å²) in [5.41, 5.74) is -0.206. The van der Waals surface area contributed by atoms with Crippen molar-refractivity contribution < 1.29 is 30.0 Å². The summed E-state index contributed by atoms with van der Waals surface area (Å²) in [7, 11) is 0. The van der Waals surface area contributed by atoms with Gasteiger partial charge in [0.1, 0.15) is 0 Å². The van der Waals surface area contributed by atoms with Crippen molar-refractivity contribution in [3.63, 3.8) is 0 Å². The number of rotatable bonds is 10. The van der Waals surface area contributed by atoms with Crippen molar-refractivity contribution in [3.05, 3.63) is 11.1 Å². The van der Waals surface area contributed by atoms with Crippen LogP contribution in [-0.4, -0.2) is 45.6 Å². The first kappa shape index (κ1) is 16.6. The maximum Gasteiger partial charge on any atom is 0.332 e. The highest BCUT2D eigenvalue weighted by molar-refractivity contribution is 5.98. The third-order valence-electron chi connectivity index (χ3n) is 2.55. The molecule has 0 bridgehead atoms. The van der Waals surface area contributed by atoms with E-state index < -0.39 is 11.9 Å². The molecule has 0 radical (unpaired) electrons. The van der Waals surface area contributed by atoms with Gasteiger partial charge in [-0.2, -0.15) is 0 Å². The fraction of sp³-hybridized carbons (Fsp3) is 0.667. The first-order valence-corrected chi connectivity index (χ1v) is 5.95. The molecule has 0 atom stereocenters. The summed E-state index contributed by atoms with van der Waals surface area (Å²) in [5, 5.41) is 35.3. The second-order valence-corrected chi connectivity index (χ2v) is 3.93. The first-order chi connectivity index (χ1) is 8.54. The van der Waals surface area contributed by atoms with E-state index >= 15 is 0 Å². The van der Waals surface area contributed by atoms with Crippen LogP contribution in [0.15, 0.2) is 11.1 Å². The zero-order valence-electron chi connectivity index (χ0n) is 10.3. The molecule has 0 fully saturated rings. The van der Waals surface area contributed by atoms with Crippen molar-refractivity contribution in [2.45, 2.75) is 38.5 Å². The fourth-order valence-corrected chi connectivity index (χ4v) is 1.60. The van der Waals surface area contributed by atoms with Gasteiger partial charge in [0.15, 0.2) is 0 Å². The predicted octanol–water partition coefficient (Wildman–Crippen LogP) is 0.777. The zero-order valence-corrected chi connectivity index (χ0v) is 10.3. The average Bonchev–Trinajstić information content (AvgIpc) is 2.31. The SMILES string of the molecule is O=C(O)/C(CCCCO)=C(\CCCCO)C(=O)O. The van der Waals surface area contributed by atoms with E-state index in [1.54, 1.807) is 0 Å². The van der Waals surface area contributed by atoms with E-state index in [1.165, 1.54) is 0 Å². The molecule has 0 aliphatic heterocycles.